The van der Waals surface area contributed by atoms with E-state index in [1.54, 1.807) is 16.2 Å². The quantitative estimate of drug-likeness (QED) is 0.517. The van der Waals surface area contributed by atoms with E-state index in [-0.39, 0.29) is 12.1 Å². The van der Waals surface area contributed by atoms with Gasteiger partial charge in [-0.1, -0.05) is 24.3 Å². The summed E-state index contributed by atoms with van der Waals surface area (Å²) >= 11 is 1.74. The maximum atomic E-state index is 12.9. The maximum Gasteiger partial charge on any atom is 0.415 e. The van der Waals surface area contributed by atoms with Gasteiger partial charge in [-0.15, -0.1) is 11.3 Å². The Hall–Kier alpha value is -3.36. The molecule has 1 unspecified atom stereocenters. The SMILES string of the molecule is Cc1cc2c(s1)Nc1ccccc1N=C2N1CCN(C(=O)Oc2cccc(C(C)N(C)C)c2)CC1. The lowest BCUT2D eigenvalue weighted by atomic mass is 10.1. The molecule has 1 amide bonds. The van der Waals surface area contributed by atoms with Crippen LogP contribution in [0.5, 0.6) is 5.75 Å². The Balaban J connectivity index is 1.29. The number of amides is 1. The standard InChI is InChI=1S/C27H31N5O2S/c1-18-16-22-25(28-23-10-5-6-11-24(23)29-26(22)35-18)31-12-14-32(15-13-31)27(33)34-21-9-7-8-20(17-21)19(2)30(3)4/h5-11,16-17,19,29H,12-15H2,1-4H3. The third-order valence-electron chi connectivity index (χ3n) is 6.63. The van der Waals surface area contributed by atoms with Crippen molar-refractivity contribution in [3.63, 3.8) is 0 Å². The Labute approximate surface area is 210 Å². The van der Waals surface area contributed by atoms with Crippen molar-refractivity contribution < 1.29 is 9.53 Å². The molecule has 8 heteroatoms. The smallest absolute Gasteiger partial charge is 0.410 e. The first-order chi connectivity index (χ1) is 16.9. The molecular weight excluding hydrogens is 458 g/mol. The normalized spacial score (nSPS) is 16.1. The van der Waals surface area contributed by atoms with Crippen LogP contribution in [0.1, 0.15) is 29.0 Å². The second-order valence-corrected chi connectivity index (χ2v) is 10.5. The molecule has 0 aliphatic carbocycles. The van der Waals surface area contributed by atoms with E-state index in [9.17, 15) is 4.79 Å². The summed E-state index contributed by atoms with van der Waals surface area (Å²) in [7, 11) is 4.08. The van der Waals surface area contributed by atoms with Crippen LogP contribution in [0.4, 0.5) is 21.2 Å². The van der Waals surface area contributed by atoms with Crippen molar-refractivity contribution in [1.82, 2.24) is 14.7 Å². The first-order valence-corrected chi connectivity index (χ1v) is 12.7. The molecule has 0 saturated carbocycles. The van der Waals surface area contributed by atoms with E-state index >= 15 is 0 Å². The number of nitrogens with one attached hydrogen (secondary N) is 1. The highest BCUT2D eigenvalue weighted by Crippen LogP contribution is 2.39. The summed E-state index contributed by atoms with van der Waals surface area (Å²) in [6, 6.07) is 18.3. The molecule has 0 bridgehead atoms. The molecule has 1 saturated heterocycles. The van der Waals surface area contributed by atoms with Gasteiger partial charge in [0.05, 0.1) is 16.9 Å². The van der Waals surface area contributed by atoms with Crippen LogP contribution >= 0.6 is 11.3 Å². The van der Waals surface area contributed by atoms with Crippen molar-refractivity contribution in [3.8, 4) is 5.75 Å². The van der Waals surface area contributed by atoms with Crippen LogP contribution in [0.3, 0.4) is 0 Å². The van der Waals surface area contributed by atoms with Gasteiger partial charge in [-0.3, -0.25) is 0 Å². The number of aryl methyl sites for hydroxylation is 1. The van der Waals surface area contributed by atoms with E-state index in [1.807, 2.05) is 50.5 Å². The number of piperazine rings is 1. The van der Waals surface area contributed by atoms with E-state index in [4.69, 9.17) is 9.73 Å². The van der Waals surface area contributed by atoms with Crippen molar-refractivity contribution in [1.29, 1.82) is 0 Å². The van der Waals surface area contributed by atoms with Gasteiger partial charge in [0, 0.05) is 37.1 Å². The summed E-state index contributed by atoms with van der Waals surface area (Å²) < 4.78 is 5.74. The minimum Gasteiger partial charge on any atom is -0.410 e. The molecule has 182 valence electrons. The zero-order chi connectivity index (χ0) is 24.5. The Morgan fingerprint density at radius 1 is 1.09 bits per heavy atom. The zero-order valence-corrected chi connectivity index (χ0v) is 21.4. The number of aliphatic imine (C=N–C) groups is 1. The Kier molecular flexibility index (Phi) is 6.49. The topological polar surface area (TPSA) is 60.4 Å². The molecule has 2 aliphatic rings. The summed E-state index contributed by atoms with van der Waals surface area (Å²) in [5, 5.41) is 4.67. The van der Waals surface area contributed by atoms with Crippen molar-refractivity contribution in [2.24, 2.45) is 4.99 Å². The fourth-order valence-corrected chi connectivity index (χ4v) is 5.31. The number of hydrogen-bond donors (Lipinski definition) is 1. The van der Waals surface area contributed by atoms with Gasteiger partial charge in [-0.25, -0.2) is 9.79 Å². The summed E-state index contributed by atoms with van der Waals surface area (Å²) in [6.45, 7) is 6.81. The molecular formula is C27H31N5O2S. The number of benzene rings is 2. The van der Waals surface area contributed by atoms with Crippen LogP contribution in [-0.4, -0.2) is 66.9 Å². The number of anilines is 2. The number of para-hydroxylation sites is 2. The monoisotopic (exact) mass is 489 g/mol. The van der Waals surface area contributed by atoms with Crippen LogP contribution in [0.15, 0.2) is 59.6 Å². The molecule has 5 rings (SSSR count). The predicted molar refractivity (Wildman–Crippen MR) is 143 cm³/mol. The Morgan fingerprint density at radius 2 is 1.86 bits per heavy atom. The zero-order valence-electron chi connectivity index (χ0n) is 20.6. The lowest BCUT2D eigenvalue weighted by Gasteiger charge is -2.35. The first kappa shape index (κ1) is 23.4. The van der Waals surface area contributed by atoms with Crippen LogP contribution in [0.2, 0.25) is 0 Å². The van der Waals surface area contributed by atoms with Crippen LogP contribution in [0, 0.1) is 6.92 Å². The van der Waals surface area contributed by atoms with Gasteiger partial charge in [0.15, 0.2) is 0 Å². The molecule has 0 radical (unpaired) electrons. The van der Waals surface area contributed by atoms with Crippen LogP contribution in [-0.2, 0) is 0 Å². The number of amidine groups is 1. The van der Waals surface area contributed by atoms with Gasteiger partial charge in [0.1, 0.15) is 16.6 Å². The highest BCUT2D eigenvalue weighted by molar-refractivity contribution is 7.16. The lowest BCUT2D eigenvalue weighted by Crippen LogP contribution is -2.51. The van der Waals surface area contributed by atoms with Gasteiger partial charge < -0.3 is 24.8 Å². The predicted octanol–water partition coefficient (Wildman–Crippen LogP) is 5.63. The number of fused-ring (bicyclic) bond motifs is 2. The van der Waals surface area contributed by atoms with Gasteiger partial charge in [-0.05, 0) is 63.8 Å². The van der Waals surface area contributed by atoms with E-state index in [2.05, 4.69) is 47.2 Å². The fraction of sp³-hybridized carbons (Fsp3) is 0.333. The minimum absolute atomic E-state index is 0.239. The average molecular weight is 490 g/mol. The molecule has 7 nitrogen and oxygen atoms in total. The molecule has 1 atom stereocenters. The number of hydrogen-bond acceptors (Lipinski definition) is 7. The Bertz CT molecular complexity index is 1260. The molecule has 1 aromatic heterocycles. The number of ether oxygens (including phenoxy) is 1. The number of carbonyl (C=O) groups excluding carboxylic acids is 1. The maximum absolute atomic E-state index is 12.9. The van der Waals surface area contributed by atoms with Crippen molar-refractivity contribution in [2.75, 3.05) is 45.6 Å². The lowest BCUT2D eigenvalue weighted by molar-refractivity contribution is 0.130. The van der Waals surface area contributed by atoms with Crippen molar-refractivity contribution in [2.45, 2.75) is 19.9 Å². The fourth-order valence-electron chi connectivity index (χ4n) is 4.39. The highest BCUT2D eigenvalue weighted by atomic mass is 32.1. The molecule has 2 aromatic carbocycles. The third-order valence-corrected chi connectivity index (χ3v) is 7.60. The number of carbonyl (C=O) groups is 1. The van der Waals surface area contributed by atoms with E-state index in [0.29, 0.717) is 31.9 Å². The molecule has 0 spiro atoms. The third kappa shape index (κ3) is 4.90. The molecule has 1 N–H and O–H groups in total. The summed E-state index contributed by atoms with van der Waals surface area (Å²) in [4.78, 5) is 25.4. The second kappa shape index (κ2) is 9.71. The number of nitrogens with zero attached hydrogens (tertiary/aromatic N) is 4. The molecule has 35 heavy (non-hydrogen) atoms. The number of rotatable bonds is 3. The van der Waals surface area contributed by atoms with Crippen LogP contribution in [0.25, 0.3) is 0 Å². The van der Waals surface area contributed by atoms with Crippen LogP contribution < -0.4 is 10.1 Å². The summed E-state index contributed by atoms with van der Waals surface area (Å²) in [5.41, 5.74) is 4.18. The largest absolute Gasteiger partial charge is 0.415 e. The highest BCUT2D eigenvalue weighted by Gasteiger charge is 2.28. The van der Waals surface area contributed by atoms with Crippen molar-refractivity contribution in [3.05, 3.63) is 70.6 Å². The van der Waals surface area contributed by atoms with Gasteiger partial charge in [-0.2, -0.15) is 0 Å². The number of thiophene rings is 1. The van der Waals surface area contributed by atoms with E-state index < -0.39 is 0 Å². The van der Waals surface area contributed by atoms with E-state index in [0.717, 1.165) is 33.3 Å². The molecule has 2 aliphatic heterocycles. The van der Waals surface area contributed by atoms with Gasteiger partial charge in [0.25, 0.3) is 0 Å². The molecule has 3 aromatic rings. The first-order valence-electron chi connectivity index (χ1n) is 11.9. The Morgan fingerprint density at radius 3 is 2.63 bits per heavy atom. The van der Waals surface area contributed by atoms with Gasteiger partial charge >= 0.3 is 6.09 Å². The van der Waals surface area contributed by atoms with Crippen molar-refractivity contribution >= 4 is 39.6 Å². The summed E-state index contributed by atoms with van der Waals surface area (Å²) in [6.07, 6.45) is -0.304. The molecule has 1 fully saturated rings. The second-order valence-electron chi connectivity index (χ2n) is 9.23. The minimum atomic E-state index is -0.304. The summed E-state index contributed by atoms with van der Waals surface area (Å²) in [5.74, 6) is 1.54. The molecule has 3 heterocycles. The average Bonchev–Trinajstić information content (AvgIpc) is 3.15. The van der Waals surface area contributed by atoms with Gasteiger partial charge in [0.2, 0.25) is 0 Å². The van der Waals surface area contributed by atoms with E-state index in [1.165, 1.54) is 4.88 Å².